The summed E-state index contributed by atoms with van der Waals surface area (Å²) in [5.74, 6) is 1.18. The van der Waals surface area contributed by atoms with Crippen LogP contribution in [0.25, 0.3) is 0 Å². The quantitative estimate of drug-likeness (QED) is 0.828. The van der Waals surface area contributed by atoms with E-state index in [0.29, 0.717) is 25.4 Å². The normalized spacial score (nSPS) is 16.1. The fraction of sp³-hybridized carbons (Fsp3) is 0.500. The third kappa shape index (κ3) is 3.94. The van der Waals surface area contributed by atoms with Gasteiger partial charge in [0, 0.05) is 30.8 Å². The number of hydrogen-bond acceptors (Lipinski definition) is 3. The van der Waals surface area contributed by atoms with Crippen molar-refractivity contribution in [3.05, 3.63) is 33.2 Å². The Morgan fingerprint density at radius 3 is 2.52 bits per heavy atom. The van der Waals surface area contributed by atoms with Crippen LogP contribution in [0.4, 0.5) is 13.2 Å². The molecule has 2 heterocycles. The topological polar surface area (TPSA) is 42.3 Å². The van der Waals surface area contributed by atoms with Crippen LogP contribution in [0.2, 0.25) is 5.02 Å². The number of rotatable bonds is 2. The van der Waals surface area contributed by atoms with E-state index in [1.807, 2.05) is 0 Å². The average molecular weight is 341 g/mol. The first-order valence-corrected chi connectivity index (χ1v) is 7.65. The van der Waals surface area contributed by atoms with Crippen LogP contribution in [0.1, 0.15) is 5.56 Å². The van der Waals surface area contributed by atoms with Gasteiger partial charge in [0.2, 0.25) is 5.91 Å². The monoisotopic (exact) mass is 340 g/mol. The summed E-state index contributed by atoms with van der Waals surface area (Å²) in [5, 5.41) is -0.549. The summed E-state index contributed by atoms with van der Waals surface area (Å²) in [6, 6.07) is 0.572. The van der Waals surface area contributed by atoms with Gasteiger partial charge in [0.05, 0.1) is 5.56 Å². The Balaban J connectivity index is 2.24. The second-order valence-electron chi connectivity index (χ2n) is 4.50. The van der Waals surface area contributed by atoms with E-state index in [0.717, 1.165) is 16.1 Å². The highest BCUT2D eigenvalue weighted by Crippen LogP contribution is 2.29. The number of nitrogens with zero attached hydrogens (tertiary/aromatic N) is 2. The van der Waals surface area contributed by atoms with Crippen molar-refractivity contribution in [3.63, 3.8) is 0 Å². The Morgan fingerprint density at radius 2 is 1.95 bits per heavy atom. The smallest absolute Gasteiger partial charge is 0.339 e. The molecule has 1 fully saturated rings. The molecule has 1 aromatic rings. The summed E-state index contributed by atoms with van der Waals surface area (Å²) in [7, 11) is 0. The van der Waals surface area contributed by atoms with Crippen molar-refractivity contribution in [2.24, 2.45) is 0 Å². The first kappa shape index (κ1) is 16.2. The molecule has 0 bridgehead atoms. The minimum Gasteiger partial charge on any atom is -0.339 e. The summed E-state index contributed by atoms with van der Waals surface area (Å²) >= 11 is 7.23. The molecule has 116 valence electrons. The third-order valence-electron chi connectivity index (χ3n) is 3.04. The van der Waals surface area contributed by atoms with E-state index in [2.05, 4.69) is 0 Å². The lowest BCUT2D eigenvalue weighted by Gasteiger charge is -2.26. The third-order valence-corrected chi connectivity index (χ3v) is 4.25. The Kier molecular flexibility index (Phi) is 4.88. The van der Waals surface area contributed by atoms with Gasteiger partial charge in [-0.3, -0.25) is 9.59 Å². The minimum absolute atomic E-state index is 0.382. The highest BCUT2D eigenvalue weighted by atomic mass is 35.5. The maximum Gasteiger partial charge on any atom is 0.417 e. The van der Waals surface area contributed by atoms with Crippen molar-refractivity contribution < 1.29 is 18.0 Å². The molecule has 1 aliphatic rings. The first-order valence-electron chi connectivity index (χ1n) is 6.12. The standard InChI is InChI=1S/C12H12ClF3N2O2S/c13-9-5-8(12(14,15)16)6-18(11(9)20)7-10(19)17-1-3-21-4-2-17/h5-6H,1-4,7H2. The van der Waals surface area contributed by atoms with Crippen LogP contribution >= 0.6 is 23.4 Å². The van der Waals surface area contributed by atoms with Crippen molar-refractivity contribution in [3.8, 4) is 0 Å². The summed E-state index contributed by atoms with van der Waals surface area (Å²) in [6.07, 6.45) is -3.99. The Morgan fingerprint density at radius 1 is 1.33 bits per heavy atom. The zero-order chi connectivity index (χ0) is 15.6. The zero-order valence-electron chi connectivity index (χ0n) is 10.8. The molecular weight excluding hydrogens is 329 g/mol. The number of pyridine rings is 1. The number of hydrogen-bond donors (Lipinski definition) is 0. The van der Waals surface area contributed by atoms with Crippen LogP contribution in [-0.4, -0.2) is 40.0 Å². The van der Waals surface area contributed by atoms with E-state index in [9.17, 15) is 22.8 Å². The number of halogens is 4. The number of carbonyl (C=O) groups is 1. The number of aromatic nitrogens is 1. The van der Waals surface area contributed by atoms with Gasteiger partial charge in [0.1, 0.15) is 11.6 Å². The molecule has 1 saturated heterocycles. The summed E-state index contributed by atoms with van der Waals surface area (Å²) in [6.45, 7) is 0.628. The molecule has 0 atom stereocenters. The predicted molar refractivity (Wildman–Crippen MR) is 74.6 cm³/mol. The fourth-order valence-corrected chi connectivity index (χ4v) is 3.06. The fourth-order valence-electron chi connectivity index (χ4n) is 1.93. The SMILES string of the molecule is O=C(Cn1cc(C(F)(F)F)cc(Cl)c1=O)N1CCSCC1. The van der Waals surface area contributed by atoms with E-state index in [4.69, 9.17) is 11.6 Å². The Labute approximate surface area is 127 Å². The van der Waals surface area contributed by atoms with Gasteiger partial charge in [0.15, 0.2) is 0 Å². The van der Waals surface area contributed by atoms with Gasteiger partial charge >= 0.3 is 6.18 Å². The van der Waals surface area contributed by atoms with Crippen molar-refractivity contribution in [2.75, 3.05) is 24.6 Å². The molecule has 4 nitrogen and oxygen atoms in total. The lowest BCUT2D eigenvalue weighted by molar-refractivity contribution is -0.138. The van der Waals surface area contributed by atoms with Crippen molar-refractivity contribution in [2.45, 2.75) is 12.7 Å². The molecule has 1 aliphatic heterocycles. The van der Waals surface area contributed by atoms with Crippen LogP contribution in [0.15, 0.2) is 17.1 Å². The Hall–Kier alpha value is -1.15. The van der Waals surface area contributed by atoms with Crippen molar-refractivity contribution in [1.82, 2.24) is 9.47 Å². The van der Waals surface area contributed by atoms with Gasteiger partial charge in [-0.25, -0.2) is 0 Å². The van der Waals surface area contributed by atoms with Gasteiger partial charge in [-0.05, 0) is 6.07 Å². The average Bonchev–Trinajstić information content (AvgIpc) is 2.43. The lowest BCUT2D eigenvalue weighted by atomic mass is 10.2. The van der Waals surface area contributed by atoms with E-state index in [1.165, 1.54) is 4.90 Å². The van der Waals surface area contributed by atoms with Crippen LogP contribution in [0.3, 0.4) is 0 Å². The maximum absolute atomic E-state index is 12.7. The molecule has 0 aromatic carbocycles. The maximum atomic E-state index is 12.7. The molecule has 0 radical (unpaired) electrons. The molecule has 0 N–H and O–H groups in total. The molecule has 9 heteroatoms. The van der Waals surface area contributed by atoms with Gasteiger partial charge in [-0.1, -0.05) is 11.6 Å². The second-order valence-corrected chi connectivity index (χ2v) is 6.13. The van der Waals surface area contributed by atoms with Crippen LogP contribution < -0.4 is 5.56 Å². The molecule has 2 rings (SSSR count). The predicted octanol–water partition coefficient (Wildman–Crippen LogP) is 2.10. The Bertz CT molecular complexity index is 597. The highest BCUT2D eigenvalue weighted by Gasteiger charge is 2.32. The van der Waals surface area contributed by atoms with Gasteiger partial charge in [0.25, 0.3) is 5.56 Å². The number of carbonyl (C=O) groups excluding carboxylic acids is 1. The second kappa shape index (κ2) is 6.31. The van der Waals surface area contributed by atoms with Gasteiger partial charge in [-0.15, -0.1) is 0 Å². The molecule has 1 aromatic heterocycles. The number of thioether (sulfide) groups is 1. The van der Waals surface area contributed by atoms with Crippen LogP contribution in [0, 0.1) is 0 Å². The van der Waals surface area contributed by atoms with Gasteiger partial charge in [-0.2, -0.15) is 24.9 Å². The van der Waals surface area contributed by atoms with E-state index in [1.54, 1.807) is 11.8 Å². The summed E-state index contributed by atoms with van der Waals surface area (Å²) < 4.78 is 38.8. The van der Waals surface area contributed by atoms with Crippen molar-refractivity contribution >= 4 is 29.3 Å². The van der Waals surface area contributed by atoms with Crippen LogP contribution in [-0.2, 0) is 17.5 Å². The molecule has 1 amide bonds. The highest BCUT2D eigenvalue weighted by molar-refractivity contribution is 7.99. The minimum atomic E-state index is -4.62. The molecule has 0 saturated carbocycles. The molecule has 0 aliphatic carbocycles. The van der Waals surface area contributed by atoms with Crippen LogP contribution in [0.5, 0.6) is 0 Å². The molecule has 0 spiro atoms. The van der Waals surface area contributed by atoms with Crippen molar-refractivity contribution in [1.29, 1.82) is 0 Å². The van der Waals surface area contributed by atoms with Gasteiger partial charge < -0.3 is 9.47 Å². The number of alkyl halides is 3. The van der Waals surface area contributed by atoms with E-state index in [-0.39, 0.29) is 5.91 Å². The zero-order valence-corrected chi connectivity index (χ0v) is 12.4. The van der Waals surface area contributed by atoms with E-state index >= 15 is 0 Å². The lowest BCUT2D eigenvalue weighted by Crippen LogP contribution is -2.41. The molecular formula is C12H12ClF3N2O2S. The molecule has 21 heavy (non-hydrogen) atoms. The van der Waals surface area contributed by atoms with E-state index < -0.39 is 28.9 Å². The summed E-state index contributed by atoms with van der Waals surface area (Å²) in [4.78, 5) is 25.3. The first-order chi connectivity index (χ1) is 9.79. The summed E-state index contributed by atoms with van der Waals surface area (Å²) in [5.41, 5.74) is -1.85. The molecule has 0 unspecified atom stereocenters. The largest absolute Gasteiger partial charge is 0.417 e. The number of amides is 1.